The van der Waals surface area contributed by atoms with Crippen LogP contribution < -0.4 is 10.1 Å². The molecule has 6 heteroatoms. The number of unbranched alkanes of at least 4 members (excludes halogenated alkanes) is 1. The third-order valence-electron chi connectivity index (χ3n) is 4.72. The summed E-state index contributed by atoms with van der Waals surface area (Å²) in [7, 11) is 1.99. The lowest BCUT2D eigenvalue weighted by Crippen LogP contribution is -2.09. The van der Waals surface area contributed by atoms with Crippen LogP contribution in [0.2, 0.25) is 0 Å². The van der Waals surface area contributed by atoms with Crippen molar-refractivity contribution in [2.75, 3.05) is 11.9 Å². The van der Waals surface area contributed by atoms with Crippen LogP contribution in [0.3, 0.4) is 0 Å². The predicted octanol–water partition coefficient (Wildman–Crippen LogP) is 5.73. The number of rotatable bonds is 7. The van der Waals surface area contributed by atoms with Crippen LogP contribution in [0.5, 0.6) is 5.75 Å². The number of benzene rings is 2. The first kappa shape index (κ1) is 19.2. The van der Waals surface area contributed by atoms with E-state index in [1.165, 1.54) is 11.3 Å². The van der Waals surface area contributed by atoms with Crippen molar-refractivity contribution in [2.24, 2.45) is 7.05 Å². The van der Waals surface area contributed by atoms with Crippen molar-refractivity contribution in [1.82, 2.24) is 9.55 Å². The third kappa shape index (κ3) is 4.17. The minimum absolute atomic E-state index is 0.125. The van der Waals surface area contributed by atoms with Crippen molar-refractivity contribution < 1.29 is 9.53 Å². The number of anilines is 1. The summed E-state index contributed by atoms with van der Waals surface area (Å²) in [5.74, 6) is 1.56. The summed E-state index contributed by atoms with van der Waals surface area (Å²) < 4.78 is 7.72. The number of aryl methyl sites for hydroxylation is 1. The molecule has 0 fully saturated rings. The average molecular weight is 406 g/mol. The predicted molar refractivity (Wildman–Crippen MR) is 119 cm³/mol. The summed E-state index contributed by atoms with van der Waals surface area (Å²) in [5, 5.41) is 2.95. The second kappa shape index (κ2) is 8.49. The summed E-state index contributed by atoms with van der Waals surface area (Å²) in [6, 6.07) is 19.3. The van der Waals surface area contributed by atoms with Crippen LogP contribution in [0.25, 0.3) is 21.7 Å². The van der Waals surface area contributed by atoms with E-state index in [2.05, 4.69) is 16.8 Å². The number of carbonyl (C=O) groups excluding carboxylic acids is 1. The van der Waals surface area contributed by atoms with Crippen LogP contribution >= 0.6 is 11.3 Å². The van der Waals surface area contributed by atoms with Crippen molar-refractivity contribution in [3.63, 3.8) is 0 Å². The Hall–Kier alpha value is -3.12. The Bertz CT molecular complexity index is 1130. The van der Waals surface area contributed by atoms with Crippen molar-refractivity contribution in [2.45, 2.75) is 19.8 Å². The first-order valence-electron chi connectivity index (χ1n) is 9.71. The zero-order valence-electron chi connectivity index (χ0n) is 16.5. The molecule has 0 aliphatic rings. The fourth-order valence-corrected chi connectivity index (χ4v) is 4.03. The number of nitrogens with one attached hydrogen (secondary N) is 1. The lowest BCUT2D eigenvalue weighted by Gasteiger charge is -2.07. The number of fused-ring (bicyclic) bond motifs is 1. The van der Waals surface area contributed by atoms with E-state index in [-0.39, 0.29) is 5.91 Å². The van der Waals surface area contributed by atoms with Crippen LogP contribution in [0.15, 0.2) is 60.7 Å². The number of imidazole rings is 1. The van der Waals surface area contributed by atoms with E-state index in [9.17, 15) is 4.79 Å². The van der Waals surface area contributed by atoms with E-state index in [1.807, 2.05) is 67.7 Å². The minimum atomic E-state index is -0.125. The molecule has 0 atom stereocenters. The van der Waals surface area contributed by atoms with Crippen molar-refractivity contribution >= 4 is 34.0 Å². The van der Waals surface area contributed by atoms with E-state index in [0.29, 0.717) is 11.5 Å². The Morgan fingerprint density at radius 1 is 1.10 bits per heavy atom. The zero-order chi connectivity index (χ0) is 20.2. The number of amides is 1. The van der Waals surface area contributed by atoms with E-state index < -0.39 is 0 Å². The van der Waals surface area contributed by atoms with Gasteiger partial charge in [0.2, 0.25) is 0 Å². The Morgan fingerprint density at radius 3 is 2.66 bits per heavy atom. The molecule has 0 radical (unpaired) electrons. The van der Waals surface area contributed by atoms with E-state index >= 15 is 0 Å². The normalized spacial score (nSPS) is 11.0. The molecule has 2 aromatic heterocycles. The minimum Gasteiger partial charge on any atom is -0.494 e. The molecule has 1 N–H and O–H groups in total. The molecule has 0 unspecified atom stereocenters. The summed E-state index contributed by atoms with van der Waals surface area (Å²) in [6.45, 7) is 2.84. The van der Waals surface area contributed by atoms with Gasteiger partial charge in [-0.3, -0.25) is 4.79 Å². The van der Waals surface area contributed by atoms with Crippen LogP contribution in [0.4, 0.5) is 5.69 Å². The summed E-state index contributed by atoms with van der Waals surface area (Å²) in [6.07, 6.45) is 2.13. The van der Waals surface area contributed by atoms with Crippen LogP contribution in [-0.4, -0.2) is 22.1 Å². The molecule has 1 amide bonds. The summed E-state index contributed by atoms with van der Waals surface area (Å²) in [4.78, 5) is 19.0. The third-order valence-corrected chi connectivity index (χ3v) is 5.80. The highest BCUT2D eigenvalue weighted by Gasteiger charge is 2.15. The fourth-order valence-electron chi connectivity index (χ4n) is 3.11. The van der Waals surface area contributed by atoms with Gasteiger partial charge in [-0.05, 0) is 55.0 Å². The van der Waals surface area contributed by atoms with Crippen LogP contribution in [0.1, 0.15) is 29.4 Å². The second-order valence-electron chi connectivity index (χ2n) is 6.83. The molecule has 29 heavy (non-hydrogen) atoms. The maximum absolute atomic E-state index is 12.7. The smallest absolute Gasteiger partial charge is 0.265 e. The van der Waals surface area contributed by atoms with Crippen molar-refractivity contribution in [3.8, 4) is 16.5 Å². The van der Waals surface area contributed by atoms with Gasteiger partial charge in [-0.2, -0.15) is 0 Å². The molecule has 148 valence electrons. The van der Waals surface area contributed by atoms with E-state index in [4.69, 9.17) is 9.72 Å². The first-order valence-corrected chi connectivity index (χ1v) is 10.5. The molecule has 0 aliphatic heterocycles. The van der Waals surface area contributed by atoms with Gasteiger partial charge in [-0.15, -0.1) is 11.3 Å². The Balaban J connectivity index is 1.46. The number of aromatic nitrogens is 2. The van der Waals surface area contributed by atoms with Crippen molar-refractivity contribution in [1.29, 1.82) is 0 Å². The van der Waals surface area contributed by atoms with Gasteiger partial charge < -0.3 is 14.6 Å². The highest BCUT2D eigenvalue weighted by atomic mass is 32.1. The quantitative estimate of drug-likeness (QED) is 0.399. The van der Waals surface area contributed by atoms with Gasteiger partial charge in [0.15, 0.2) is 5.82 Å². The Kier molecular flexibility index (Phi) is 5.62. The number of thiophene rings is 1. The van der Waals surface area contributed by atoms with Gasteiger partial charge in [0.05, 0.1) is 27.4 Å². The van der Waals surface area contributed by atoms with Crippen molar-refractivity contribution in [3.05, 3.63) is 65.5 Å². The highest BCUT2D eigenvalue weighted by molar-refractivity contribution is 7.17. The first-order chi connectivity index (χ1) is 14.2. The van der Waals surface area contributed by atoms with Gasteiger partial charge in [-0.25, -0.2) is 4.98 Å². The zero-order valence-corrected chi connectivity index (χ0v) is 17.3. The van der Waals surface area contributed by atoms with Gasteiger partial charge >= 0.3 is 0 Å². The Morgan fingerprint density at radius 2 is 1.90 bits per heavy atom. The van der Waals surface area contributed by atoms with Crippen LogP contribution in [-0.2, 0) is 7.05 Å². The monoisotopic (exact) mass is 405 g/mol. The largest absolute Gasteiger partial charge is 0.494 e. The fraction of sp³-hybridized carbons (Fsp3) is 0.217. The molecule has 4 aromatic rings. The number of ether oxygens (including phenoxy) is 1. The topological polar surface area (TPSA) is 56.1 Å². The molecule has 0 bridgehead atoms. The summed E-state index contributed by atoms with van der Waals surface area (Å²) >= 11 is 1.44. The van der Waals surface area contributed by atoms with Gasteiger partial charge in [0.1, 0.15) is 5.75 Å². The van der Waals surface area contributed by atoms with E-state index in [1.54, 1.807) is 0 Å². The van der Waals surface area contributed by atoms with Gasteiger partial charge in [0.25, 0.3) is 5.91 Å². The number of nitrogens with zero attached hydrogens (tertiary/aromatic N) is 2. The second-order valence-corrected chi connectivity index (χ2v) is 7.91. The van der Waals surface area contributed by atoms with Crippen LogP contribution in [0, 0.1) is 0 Å². The molecule has 0 spiro atoms. The molecular weight excluding hydrogens is 382 g/mol. The molecule has 2 aromatic carbocycles. The number of para-hydroxylation sites is 2. The molecule has 5 nitrogen and oxygen atoms in total. The molecule has 0 saturated carbocycles. The maximum Gasteiger partial charge on any atom is 0.265 e. The molecule has 4 rings (SSSR count). The average Bonchev–Trinajstić information content (AvgIpc) is 3.35. The number of hydrogen-bond donors (Lipinski definition) is 1. The highest BCUT2D eigenvalue weighted by Crippen LogP contribution is 2.30. The van der Waals surface area contributed by atoms with E-state index in [0.717, 1.165) is 46.0 Å². The Labute approximate surface area is 174 Å². The molecule has 0 aliphatic carbocycles. The number of hydrogen-bond acceptors (Lipinski definition) is 4. The molecule has 0 saturated heterocycles. The number of carbonyl (C=O) groups is 1. The SMILES string of the molecule is CCCCOc1ccc(NC(=O)c2ccc(-c3nc4ccccc4n3C)s2)cc1. The lowest BCUT2D eigenvalue weighted by atomic mass is 10.3. The molecule has 2 heterocycles. The maximum atomic E-state index is 12.7. The van der Waals surface area contributed by atoms with Gasteiger partial charge in [0, 0.05) is 12.7 Å². The van der Waals surface area contributed by atoms with Gasteiger partial charge in [-0.1, -0.05) is 25.5 Å². The molecular formula is C23H23N3O2S. The standard InChI is InChI=1S/C23H23N3O2S/c1-3-4-15-28-17-11-9-16(10-12-17)24-23(27)21-14-13-20(29-21)22-25-18-7-5-6-8-19(18)26(22)2/h5-14H,3-4,15H2,1-2H3,(H,24,27). The lowest BCUT2D eigenvalue weighted by molar-refractivity contribution is 0.103. The summed E-state index contributed by atoms with van der Waals surface area (Å²) in [5.41, 5.74) is 2.77.